The second-order valence-electron chi connectivity index (χ2n) is 4.85. The zero-order valence-electron chi connectivity index (χ0n) is 13.3. The maximum Gasteiger partial charge on any atom is 0.342 e. The molecule has 0 fully saturated rings. The summed E-state index contributed by atoms with van der Waals surface area (Å²) in [6.45, 7) is 1.07. The van der Waals surface area contributed by atoms with Gasteiger partial charge in [0, 0.05) is 13.1 Å². The van der Waals surface area contributed by atoms with Crippen molar-refractivity contribution in [2.75, 3.05) is 0 Å². The number of para-hydroxylation sites is 1. The second kappa shape index (κ2) is 8.85. The molecule has 0 unspecified atom stereocenters. The summed E-state index contributed by atoms with van der Waals surface area (Å²) in [7, 11) is 0. The molecule has 0 saturated carbocycles. The first-order valence-corrected chi connectivity index (χ1v) is 7.15. The molecule has 0 amide bonds. The molecule has 0 saturated heterocycles. The van der Waals surface area contributed by atoms with Crippen LogP contribution in [0.2, 0.25) is 0 Å². The fourth-order valence-corrected chi connectivity index (χ4v) is 1.85. The highest BCUT2D eigenvalue weighted by Crippen LogP contribution is 2.19. The Hall–Kier alpha value is -2.85. The van der Waals surface area contributed by atoms with Crippen molar-refractivity contribution in [1.82, 2.24) is 10.4 Å². The number of nitrogens with zero attached hydrogens (tertiary/aromatic N) is 2. The van der Waals surface area contributed by atoms with Gasteiger partial charge in [-0.25, -0.2) is 9.63 Å². The van der Waals surface area contributed by atoms with Crippen LogP contribution in [-0.4, -0.2) is 32.7 Å². The minimum Gasteiger partial charge on any atom is -0.455 e. The third kappa shape index (κ3) is 5.94. The Bertz CT molecular complexity index is 732. The van der Waals surface area contributed by atoms with Gasteiger partial charge in [0.2, 0.25) is 0 Å². The molecular formula is C16H16N2O7. The summed E-state index contributed by atoms with van der Waals surface area (Å²) in [5.41, 5.74) is 1.20. The average Bonchev–Trinajstić information content (AvgIpc) is 2.58. The van der Waals surface area contributed by atoms with Crippen LogP contribution < -0.4 is 4.74 Å². The number of hydrogen-bond acceptors (Lipinski definition) is 9. The molecule has 0 aliphatic carbocycles. The van der Waals surface area contributed by atoms with E-state index in [1.807, 2.05) is 0 Å². The predicted octanol–water partition coefficient (Wildman–Crippen LogP) is 1.88. The van der Waals surface area contributed by atoms with E-state index in [9.17, 15) is 9.59 Å². The lowest BCUT2D eigenvalue weighted by Gasteiger charge is -2.09. The van der Waals surface area contributed by atoms with Gasteiger partial charge in [0.05, 0.1) is 11.1 Å². The van der Waals surface area contributed by atoms with E-state index in [2.05, 4.69) is 9.82 Å². The largest absolute Gasteiger partial charge is 0.455 e. The van der Waals surface area contributed by atoms with E-state index >= 15 is 0 Å². The molecule has 2 rings (SSSR count). The van der Waals surface area contributed by atoms with Crippen molar-refractivity contribution in [3.8, 4) is 5.75 Å². The molecule has 0 aliphatic heterocycles. The smallest absolute Gasteiger partial charge is 0.342 e. The summed E-state index contributed by atoms with van der Waals surface area (Å²) in [6.07, 6.45) is 1.44. The van der Waals surface area contributed by atoms with Crippen molar-refractivity contribution >= 4 is 11.9 Å². The van der Waals surface area contributed by atoms with Crippen molar-refractivity contribution < 1.29 is 34.3 Å². The second-order valence-corrected chi connectivity index (χ2v) is 4.85. The van der Waals surface area contributed by atoms with Crippen molar-refractivity contribution in [2.45, 2.75) is 20.1 Å². The highest BCUT2D eigenvalue weighted by molar-refractivity contribution is 5.93. The topological polar surface area (TPSA) is 118 Å². The molecule has 0 radical (unpaired) electrons. The van der Waals surface area contributed by atoms with Crippen molar-refractivity contribution in [1.29, 1.82) is 0 Å². The summed E-state index contributed by atoms with van der Waals surface area (Å²) in [4.78, 5) is 31.7. The van der Waals surface area contributed by atoms with E-state index in [-0.39, 0.29) is 24.5 Å². The van der Waals surface area contributed by atoms with Crippen LogP contribution in [0.15, 0.2) is 42.6 Å². The van der Waals surface area contributed by atoms with Crippen molar-refractivity contribution in [3.63, 3.8) is 0 Å². The highest BCUT2D eigenvalue weighted by atomic mass is 17.1. The Balaban J connectivity index is 1.95. The number of carbonyl (C=O) groups is 2. The lowest BCUT2D eigenvalue weighted by Crippen LogP contribution is -2.14. The van der Waals surface area contributed by atoms with Crippen LogP contribution in [0.5, 0.6) is 5.75 Å². The molecule has 1 heterocycles. The number of aromatic nitrogens is 1. The van der Waals surface area contributed by atoms with Gasteiger partial charge in [0.25, 0.3) is 0 Å². The van der Waals surface area contributed by atoms with Gasteiger partial charge < -0.3 is 9.47 Å². The molecular weight excluding hydrogens is 332 g/mol. The van der Waals surface area contributed by atoms with Crippen LogP contribution in [0.1, 0.15) is 28.5 Å². The Labute approximate surface area is 142 Å². The first-order chi connectivity index (χ1) is 12.0. The van der Waals surface area contributed by atoms with Crippen LogP contribution in [-0.2, 0) is 27.6 Å². The molecule has 132 valence electrons. The number of rotatable bonds is 7. The van der Waals surface area contributed by atoms with Crippen LogP contribution in [0.3, 0.4) is 0 Å². The molecule has 9 nitrogen and oxygen atoms in total. The monoisotopic (exact) mass is 348 g/mol. The van der Waals surface area contributed by atoms with Gasteiger partial charge in [-0.1, -0.05) is 18.2 Å². The lowest BCUT2D eigenvalue weighted by molar-refractivity contribution is -0.497. The van der Waals surface area contributed by atoms with Crippen molar-refractivity contribution in [2.24, 2.45) is 0 Å². The quantitative estimate of drug-likeness (QED) is 0.439. The summed E-state index contributed by atoms with van der Waals surface area (Å²) < 4.78 is 10.1. The van der Waals surface area contributed by atoms with E-state index < -0.39 is 17.3 Å². The van der Waals surface area contributed by atoms with Gasteiger partial charge >= 0.3 is 11.9 Å². The number of hydrogen-bond donors (Lipinski definition) is 2. The third-order valence-electron chi connectivity index (χ3n) is 2.94. The lowest BCUT2D eigenvalue weighted by atomic mass is 10.2. The molecule has 0 bridgehead atoms. The standard InChI is InChI=1S/C16H16N2O7/c1-11(19)25-15-5-3-2-4-14(15)16(20)23-10-13-7-6-12(8-17-13)9-24-18(21)22/h2-8,21-22H,9-10H2,1H3. The maximum atomic E-state index is 12.1. The highest BCUT2D eigenvalue weighted by Gasteiger charge is 2.15. The van der Waals surface area contributed by atoms with E-state index in [1.165, 1.54) is 25.3 Å². The number of benzene rings is 1. The predicted molar refractivity (Wildman–Crippen MR) is 81.3 cm³/mol. The number of carbonyl (C=O) groups excluding carboxylic acids is 2. The SMILES string of the molecule is CC(=O)Oc1ccccc1C(=O)OCc1ccc(CON(O)O)cn1. The van der Waals surface area contributed by atoms with Crippen LogP contribution in [0, 0.1) is 0 Å². The summed E-state index contributed by atoms with van der Waals surface area (Å²) in [6, 6.07) is 9.48. The third-order valence-corrected chi connectivity index (χ3v) is 2.94. The molecule has 25 heavy (non-hydrogen) atoms. The minimum atomic E-state index is -0.651. The first kappa shape index (κ1) is 18.5. The summed E-state index contributed by atoms with van der Waals surface area (Å²) in [5.74, 6) is -1.07. The van der Waals surface area contributed by atoms with Crippen molar-refractivity contribution in [3.05, 3.63) is 59.4 Å². The Morgan fingerprint density at radius 3 is 2.52 bits per heavy atom. The molecule has 1 aromatic heterocycles. The number of ether oxygens (including phenoxy) is 2. The first-order valence-electron chi connectivity index (χ1n) is 7.15. The van der Waals surface area contributed by atoms with Gasteiger partial charge in [0.1, 0.15) is 24.5 Å². The fraction of sp³-hybridized carbons (Fsp3) is 0.188. The average molecular weight is 348 g/mol. The molecule has 9 heteroatoms. The van der Waals surface area contributed by atoms with Gasteiger partial charge in [-0.05, 0) is 23.8 Å². The van der Waals surface area contributed by atoms with Crippen LogP contribution in [0.4, 0.5) is 0 Å². The van der Waals surface area contributed by atoms with E-state index in [0.717, 1.165) is 0 Å². The van der Waals surface area contributed by atoms with Crippen LogP contribution >= 0.6 is 0 Å². The zero-order chi connectivity index (χ0) is 18.2. The Morgan fingerprint density at radius 1 is 1.12 bits per heavy atom. The fourth-order valence-electron chi connectivity index (χ4n) is 1.85. The van der Waals surface area contributed by atoms with E-state index in [4.69, 9.17) is 19.9 Å². The zero-order valence-corrected chi connectivity index (χ0v) is 13.3. The summed E-state index contributed by atoms with van der Waals surface area (Å²) >= 11 is 0. The minimum absolute atomic E-state index is 0.0828. The molecule has 1 aromatic carbocycles. The number of pyridine rings is 1. The van der Waals surface area contributed by atoms with Gasteiger partial charge in [0.15, 0.2) is 0 Å². The van der Waals surface area contributed by atoms with E-state index in [1.54, 1.807) is 24.3 Å². The molecule has 0 atom stereocenters. The number of esters is 2. The van der Waals surface area contributed by atoms with Crippen LogP contribution in [0.25, 0.3) is 0 Å². The molecule has 0 aliphatic rings. The normalized spacial score (nSPS) is 10.6. The Kier molecular flexibility index (Phi) is 6.54. The van der Waals surface area contributed by atoms with Gasteiger partial charge in [-0.3, -0.25) is 20.2 Å². The Morgan fingerprint density at radius 2 is 1.88 bits per heavy atom. The molecule has 0 spiro atoms. The van der Waals surface area contributed by atoms with Gasteiger partial charge in [-0.2, -0.15) is 0 Å². The molecule has 2 N–H and O–H groups in total. The van der Waals surface area contributed by atoms with Gasteiger partial charge in [-0.15, -0.1) is 0 Å². The molecule has 2 aromatic rings. The van der Waals surface area contributed by atoms with E-state index in [0.29, 0.717) is 11.3 Å². The summed E-state index contributed by atoms with van der Waals surface area (Å²) in [5, 5.41) is 16.5. The maximum absolute atomic E-state index is 12.1.